The molecule has 39 heavy (non-hydrogen) atoms. The van der Waals surface area contributed by atoms with Gasteiger partial charge in [0.15, 0.2) is 11.5 Å². The van der Waals surface area contributed by atoms with Crippen LogP contribution in [0.1, 0.15) is 29.2 Å². The average Bonchev–Trinajstić information content (AvgIpc) is 3.14. The zero-order valence-electron chi connectivity index (χ0n) is 21.5. The highest BCUT2D eigenvalue weighted by atomic mass is 127. The lowest BCUT2D eigenvalue weighted by Gasteiger charge is -2.16. The lowest BCUT2D eigenvalue weighted by Crippen LogP contribution is -2.36. The van der Waals surface area contributed by atoms with Crippen molar-refractivity contribution in [1.29, 1.82) is 0 Å². The Morgan fingerprint density at radius 1 is 1.08 bits per heavy atom. The number of nitrogens with zero attached hydrogens (tertiary/aromatic N) is 1. The first kappa shape index (κ1) is 29.0. The molecule has 0 radical (unpaired) electrons. The van der Waals surface area contributed by atoms with Crippen LogP contribution in [0, 0.1) is 17.4 Å². The Morgan fingerprint density at radius 3 is 2.49 bits per heavy atom. The van der Waals surface area contributed by atoms with E-state index in [1.165, 1.54) is 0 Å². The topological polar surface area (TPSA) is 84.9 Å². The molecule has 3 aromatic rings. The van der Waals surface area contributed by atoms with E-state index in [4.69, 9.17) is 21.1 Å². The second-order valence-electron chi connectivity index (χ2n) is 8.73. The van der Waals surface area contributed by atoms with Crippen molar-refractivity contribution in [2.45, 2.75) is 27.4 Å². The van der Waals surface area contributed by atoms with Crippen LogP contribution in [0.3, 0.4) is 0 Å². The van der Waals surface area contributed by atoms with Crippen LogP contribution in [0.4, 0.5) is 10.5 Å². The number of para-hydroxylation sites is 1. The summed E-state index contributed by atoms with van der Waals surface area (Å²) in [6.07, 6.45) is 1.62. The lowest BCUT2D eigenvalue weighted by molar-refractivity contribution is -0.127. The number of aryl methyl sites for hydroxylation is 2. The lowest BCUT2D eigenvalue weighted by atomic mass is 10.1. The van der Waals surface area contributed by atoms with Gasteiger partial charge in [0.25, 0.3) is 11.1 Å². The summed E-state index contributed by atoms with van der Waals surface area (Å²) in [5.74, 6) is 0.110. The van der Waals surface area contributed by atoms with Gasteiger partial charge < -0.3 is 14.8 Å². The third-order valence-electron chi connectivity index (χ3n) is 5.88. The summed E-state index contributed by atoms with van der Waals surface area (Å²) in [6.45, 7) is 5.94. The van der Waals surface area contributed by atoms with Crippen LogP contribution in [0.2, 0.25) is 5.02 Å². The Kier molecular flexibility index (Phi) is 9.58. The number of anilines is 1. The van der Waals surface area contributed by atoms with Gasteiger partial charge >= 0.3 is 0 Å². The number of rotatable bonds is 9. The van der Waals surface area contributed by atoms with Crippen LogP contribution in [0.25, 0.3) is 6.08 Å². The van der Waals surface area contributed by atoms with Gasteiger partial charge in [0, 0.05) is 16.3 Å². The van der Waals surface area contributed by atoms with Crippen molar-refractivity contribution >= 4 is 74.8 Å². The van der Waals surface area contributed by atoms with Crippen LogP contribution in [-0.4, -0.2) is 35.1 Å². The molecule has 1 aliphatic rings. The van der Waals surface area contributed by atoms with Crippen LogP contribution in [0.5, 0.6) is 11.5 Å². The molecule has 4 rings (SSSR count). The van der Waals surface area contributed by atoms with E-state index in [0.29, 0.717) is 34.4 Å². The second-order valence-corrected chi connectivity index (χ2v) is 11.3. The molecule has 0 aliphatic carbocycles. The minimum Gasteiger partial charge on any atom is -0.490 e. The van der Waals surface area contributed by atoms with Crippen molar-refractivity contribution in [3.8, 4) is 11.5 Å². The molecule has 1 N–H and O–H groups in total. The summed E-state index contributed by atoms with van der Waals surface area (Å²) in [5, 5.41) is 2.93. The molecule has 0 saturated carbocycles. The number of nitrogens with one attached hydrogen (secondary N) is 1. The molecule has 0 spiro atoms. The van der Waals surface area contributed by atoms with Crippen LogP contribution in [-0.2, 0) is 16.2 Å². The minimum atomic E-state index is -0.520. The minimum absolute atomic E-state index is 0.225. The number of hydrogen-bond donors (Lipinski definition) is 1. The van der Waals surface area contributed by atoms with Gasteiger partial charge in [-0.2, -0.15) is 0 Å². The predicted octanol–water partition coefficient (Wildman–Crippen LogP) is 7.21. The van der Waals surface area contributed by atoms with E-state index in [9.17, 15) is 14.4 Å². The predicted molar refractivity (Wildman–Crippen MR) is 163 cm³/mol. The van der Waals surface area contributed by atoms with Crippen molar-refractivity contribution in [3.63, 3.8) is 0 Å². The maximum atomic E-state index is 13.1. The van der Waals surface area contributed by atoms with Gasteiger partial charge in [0.05, 0.1) is 15.1 Å². The van der Waals surface area contributed by atoms with Crippen LogP contribution in [0.15, 0.2) is 59.5 Å². The van der Waals surface area contributed by atoms with E-state index in [-0.39, 0.29) is 18.1 Å². The van der Waals surface area contributed by atoms with Gasteiger partial charge in [0.1, 0.15) is 13.2 Å². The number of benzene rings is 3. The molecule has 3 amide bonds. The largest absolute Gasteiger partial charge is 0.490 e. The molecule has 0 atom stereocenters. The molecule has 1 heterocycles. The van der Waals surface area contributed by atoms with Crippen molar-refractivity contribution in [2.75, 3.05) is 18.5 Å². The average molecular weight is 677 g/mol. The molecular formula is C29H26ClIN2O5S. The fourth-order valence-corrected chi connectivity index (χ4v) is 5.77. The van der Waals surface area contributed by atoms with Crippen molar-refractivity contribution < 1.29 is 23.9 Å². The number of halogens is 2. The SMILES string of the molecule is CCOc1cc(/C=C2/SC(=O)N(CC(=O)Nc3c(C)cccc3C)C2=O)cc(I)c1OCc1ccccc1Cl. The van der Waals surface area contributed by atoms with Gasteiger partial charge in [-0.15, -0.1) is 0 Å². The fraction of sp³-hybridized carbons (Fsp3) is 0.207. The summed E-state index contributed by atoms with van der Waals surface area (Å²) < 4.78 is 12.7. The summed E-state index contributed by atoms with van der Waals surface area (Å²) in [4.78, 5) is 39.6. The molecule has 202 valence electrons. The highest BCUT2D eigenvalue weighted by molar-refractivity contribution is 14.1. The zero-order valence-corrected chi connectivity index (χ0v) is 25.3. The van der Waals surface area contributed by atoms with E-state index in [1.54, 1.807) is 18.2 Å². The van der Waals surface area contributed by atoms with Gasteiger partial charge in [-0.05, 0) is 96.1 Å². The molecule has 1 saturated heterocycles. The van der Waals surface area contributed by atoms with E-state index in [0.717, 1.165) is 36.9 Å². The number of carbonyl (C=O) groups excluding carboxylic acids is 3. The first-order chi connectivity index (χ1) is 18.7. The first-order valence-corrected chi connectivity index (χ1v) is 14.4. The molecule has 0 unspecified atom stereocenters. The number of thioether (sulfide) groups is 1. The normalized spacial score (nSPS) is 14.2. The highest BCUT2D eigenvalue weighted by Gasteiger charge is 2.36. The molecule has 0 aromatic heterocycles. The Bertz CT molecular complexity index is 1460. The Labute approximate surface area is 250 Å². The number of ether oxygens (including phenoxy) is 2. The van der Waals surface area contributed by atoms with Crippen molar-refractivity contribution in [1.82, 2.24) is 4.90 Å². The number of imide groups is 1. The van der Waals surface area contributed by atoms with Crippen molar-refractivity contribution in [2.24, 2.45) is 0 Å². The molecule has 10 heteroatoms. The van der Waals surface area contributed by atoms with E-state index in [1.807, 2.05) is 63.2 Å². The monoisotopic (exact) mass is 676 g/mol. The molecule has 0 bridgehead atoms. The standard InChI is InChI=1S/C29H26ClIN2O5S/c1-4-37-23-13-19(12-22(31)27(23)38-16-20-10-5-6-11-21(20)30)14-24-28(35)33(29(36)39-24)15-25(34)32-26-17(2)8-7-9-18(26)3/h5-14H,4,15-16H2,1-3H3,(H,32,34)/b24-14+. The first-order valence-electron chi connectivity index (χ1n) is 12.1. The number of hydrogen-bond acceptors (Lipinski definition) is 6. The Balaban J connectivity index is 1.51. The Morgan fingerprint density at radius 2 is 1.79 bits per heavy atom. The third kappa shape index (κ3) is 6.95. The van der Waals surface area contributed by atoms with Crippen LogP contribution < -0.4 is 14.8 Å². The summed E-state index contributed by atoms with van der Waals surface area (Å²) in [5.41, 5.74) is 3.99. The quantitative estimate of drug-likeness (QED) is 0.191. The Hall–Kier alpha value is -3.02. The second kappa shape index (κ2) is 12.9. The van der Waals surface area contributed by atoms with Gasteiger partial charge in [0.2, 0.25) is 5.91 Å². The van der Waals surface area contributed by atoms with Crippen LogP contribution >= 0.6 is 46.0 Å². The van der Waals surface area contributed by atoms with Gasteiger partial charge in [-0.1, -0.05) is 48.0 Å². The van der Waals surface area contributed by atoms with E-state index >= 15 is 0 Å². The van der Waals surface area contributed by atoms with E-state index < -0.39 is 17.1 Å². The molecule has 7 nitrogen and oxygen atoms in total. The molecule has 1 aliphatic heterocycles. The smallest absolute Gasteiger partial charge is 0.294 e. The van der Waals surface area contributed by atoms with Gasteiger partial charge in [-0.25, -0.2) is 0 Å². The molecule has 3 aromatic carbocycles. The summed E-state index contributed by atoms with van der Waals surface area (Å²) in [6, 6.07) is 16.7. The van der Waals surface area contributed by atoms with Gasteiger partial charge in [-0.3, -0.25) is 19.3 Å². The molecule has 1 fully saturated rings. The molecular weight excluding hydrogens is 651 g/mol. The summed E-state index contributed by atoms with van der Waals surface area (Å²) >= 11 is 9.21. The number of carbonyl (C=O) groups is 3. The zero-order chi connectivity index (χ0) is 28.1. The van der Waals surface area contributed by atoms with Crippen molar-refractivity contribution in [3.05, 3.63) is 90.3 Å². The number of amides is 3. The maximum Gasteiger partial charge on any atom is 0.294 e. The van der Waals surface area contributed by atoms with E-state index in [2.05, 4.69) is 27.9 Å². The third-order valence-corrected chi connectivity index (χ3v) is 7.96. The highest BCUT2D eigenvalue weighted by Crippen LogP contribution is 2.38. The maximum absolute atomic E-state index is 13.1. The summed E-state index contributed by atoms with van der Waals surface area (Å²) in [7, 11) is 0. The fourth-order valence-electron chi connectivity index (χ4n) is 3.96.